The Morgan fingerprint density at radius 3 is 2.53 bits per heavy atom. The molecule has 5 heteroatoms. The summed E-state index contributed by atoms with van der Waals surface area (Å²) in [6.45, 7) is 1.60. The van der Waals surface area contributed by atoms with Gasteiger partial charge in [-0.3, -0.25) is 0 Å². The summed E-state index contributed by atoms with van der Waals surface area (Å²) in [6, 6.07) is 9.25. The SMILES string of the molecule is Cc1nc(-c2ccccc2)nn1C(=O)O. The van der Waals surface area contributed by atoms with Gasteiger partial charge in [0.15, 0.2) is 5.82 Å². The maximum atomic E-state index is 10.7. The van der Waals surface area contributed by atoms with Crippen molar-refractivity contribution in [2.75, 3.05) is 0 Å². The predicted octanol–water partition coefficient (Wildman–Crippen LogP) is 1.78. The van der Waals surface area contributed by atoms with Crippen LogP contribution in [0.1, 0.15) is 5.82 Å². The van der Waals surface area contributed by atoms with E-state index in [4.69, 9.17) is 5.11 Å². The zero-order valence-corrected chi connectivity index (χ0v) is 8.08. The van der Waals surface area contributed by atoms with E-state index >= 15 is 0 Å². The van der Waals surface area contributed by atoms with Crippen LogP contribution in [0.3, 0.4) is 0 Å². The van der Waals surface area contributed by atoms with E-state index in [0.29, 0.717) is 11.6 Å². The zero-order chi connectivity index (χ0) is 10.8. The average Bonchev–Trinajstić information content (AvgIpc) is 2.62. The fourth-order valence-corrected chi connectivity index (χ4v) is 1.28. The van der Waals surface area contributed by atoms with Gasteiger partial charge in [0.2, 0.25) is 0 Å². The fourth-order valence-electron chi connectivity index (χ4n) is 1.28. The molecule has 1 heterocycles. The first kappa shape index (κ1) is 9.39. The number of aromatic nitrogens is 3. The van der Waals surface area contributed by atoms with Crippen LogP contribution in [-0.4, -0.2) is 26.0 Å². The summed E-state index contributed by atoms with van der Waals surface area (Å²) in [5.41, 5.74) is 0.806. The van der Waals surface area contributed by atoms with Crippen LogP contribution in [0.2, 0.25) is 0 Å². The van der Waals surface area contributed by atoms with Gasteiger partial charge in [-0.15, -0.1) is 9.78 Å². The number of benzene rings is 1. The average molecular weight is 203 g/mol. The molecule has 0 saturated carbocycles. The topological polar surface area (TPSA) is 68.0 Å². The molecule has 1 aromatic heterocycles. The van der Waals surface area contributed by atoms with Crippen LogP contribution in [0, 0.1) is 6.92 Å². The molecule has 1 aromatic carbocycles. The predicted molar refractivity (Wildman–Crippen MR) is 53.6 cm³/mol. The van der Waals surface area contributed by atoms with Crippen molar-refractivity contribution < 1.29 is 9.90 Å². The lowest BCUT2D eigenvalue weighted by atomic mass is 10.2. The molecular formula is C10H9N3O2. The highest BCUT2D eigenvalue weighted by atomic mass is 16.4. The quantitative estimate of drug-likeness (QED) is 0.767. The van der Waals surface area contributed by atoms with Crippen LogP contribution >= 0.6 is 0 Å². The summed E-state index contributed by atoms with van der Waals surface area (Å²) in [4.78, 5) is 14.8. The molecule has 0 spiro atoms. The first-order valence-corrected chi connectivity index (χ1v) is 4.41. The monoisotopic (exact) mass is 203 g/mol. The van der Waals surface area contributed by atoms with Crippen LogP contribution in [0.25, 0.3) is 11.4 Å². The second-order valence-electron chi connectivity index (χ2n) is 3.04. The number of carbonyl (C=O) groups is 1. The second kappa shape index (κ2) is 3.53. The Hall–Kier alpha value is -2.17. The van der Waals surface area contributed by atoms with Crippen molar-refractivity contribution in [3.63, 3.8) is 0 Å². The molecule has 2 rings (SSSR count). The first-order chi connectivity index (χ1) is 7.18. The van der Waals surface area contributed by atoms with E-state index in [1.165, 1.54) is 0 Å². The minimum absolute atomic E-state index is 0.362. The minimum atomic E-state index is -1.12. The Morgan fingerprint density at radius 1 is 1.33 bits per heavy atom. The molecule has 0 radical (unpaired) electrons. The number of rotatable bonds is 1. The molecule has 0 aliphatic carbocycles. The summed E-state index contributed by atoms with van der Waals surface area (Å²) in [5.74, 6) is 0.789. The maximum absolute atomic E-state index is 10.7. The smallest absolute Gasteiger partial charge is 0.434 e. The lowest BCUT2D eigenvalue weighted by Crippen LogP contribution is -2.11. The number of nitrogens with zero attached hydrogens (tertiary/aromatic N) is 3. The molecule has 76 valence electrons. The number of aryl methyl sites for hydroxylation is 1. The molecule has 0 bridgehead atoms. The molecule has 0 amide bonds. The summed E-state index contributed by atoms with van der Waals surface area (Å²) < 4.78 is 0.863. The molecule has 15 heavy (non-hydrogen) atoms. The summed E-state index contributed by atoms with van der Waals surface area (Å²) in [6.07, 6.45) is -1.12. The van der Waals surface area contributed by atoms with E-state index in [0.717, 1.165) is 10.2 Å². The van der Waals surface area contributed by atoms with Gasteiger partial charge in [0.25, 0.3) is 0 Å². The van der Waals surface area contributed by atoms with Gasteiger partial charge in [-0.05, 0) is 6.92 Å². The van der Waals surface area contributed by atoms with Gasteiger partial charge in [0.05, 0.1) is 0 Å². The molecule has 0 aliphatic heterocycles. The second-order valence-corrected chi connectivity index (χ2v) is 3.04. The standard InChI is InChI=1S/C10H9N3O2/c1-7-11-9(12-13(7)10(14)15)8-5-3-2-4-6-8/h2-6H,1H3,(H,14,15). The van der Waals surface area contributed by atoms with Crippen LogP contribution in [-0.2, 0) is 0 Å². The van der Waals surface area contributed by atoms with Crippen molar-refractivity contribution in [1.29, 1.82) is 0 Å². The normalized spacial score (nSPS) is 10.2. The molecule has 0 saturated heterocycles. The fraction of sp³-hybridized carbons (Fsp3) is 0.100. The van der Waals surface area contributed by atoms with Gasteiger partial charge in [-0.25, -0.2) is 9.78 Å². The van der Waals surface area contributed by atoms with Crippen molar-refractivity contribution in [3.8, 4) is 11.4 Å². The van der Waals surface area contributed by atoms with Crippen LogP contribution < -0.4 is 0 Å². The van der Waals surface area contributed by atoms with Crippen LogP contribution in [0.4, 0.5) is 4.79 Å². The van der Waals surface area contributed by atoms with Crippen LogP contribution in [0.15, 0.2) is 30.3 Å². The molecule has 5 nitrogen and oxygen atoms in total. The van der Waals surface area contributed by atoms with Gasteiger partial charge >= 0.3 is 6.09 Å². The third-order valence-corrected chi connectivity index (χ3v) is 1.98. The largest absolute Gasteiger partial charge is 0.463 e. The maximum Gasteiger partial charge on any atom is 0.434 e. The lowest BCUT2D eigenvalue weighted by molar-refractivity contribution is 0.192. The van der Waals surface area contributed by atoms with Crippen molar-refractivity contribution in [2.24, 2.45) is 0 Å². The molecule has 0 unspecified atom stereocenters. The number of carboxylic acid groups (broad SMARTS) is 1. The van der Waals surface area contributed by atoms with Crippen molar-refractivity contribution >= 4 is 6.09 Å². The van der Waals surface area contributed by atoms with Gasteiger partial charge in [-0.2, -0.15) is 0 Å². The van der Waals surface area contributed by atoms with Crippen LogP contribution in [0.5, 0.6) is 0 Å². The van der Waals surface area contributed by atoms with Gasteiger partial charge < -0.3 is 5.11 Å². The van der Waals surface area contributed by atoms with Crippen molar-refractivity contribution in [1.82, 2.24) is 14.8 Å². The zero-order valence-electron chi connectivity index (χ0n) is 8.08. The Labute approximate surface area is 86.0 Å². The molecule has 0 aliphatic rings. The van der Waals surface area contributed by atoms with Gasteiger partial charge in [0, 0.05) is 5.56 Å². The molecule has 0 fully saturated rings. The number of hydrogen-bond acceptors (Lipinski definition) is 3. The van der Waals surface area contributed by atoms with Crippen molar-refractivity contribution in [2.45, 2.75) is 6.92 Å². The third-order valence-electron chi connectivity index (χ3n) is 1.98. The Morgan fingerprint density at radius 2 is 2.00 bits per heavy atom. The molecular weight excluding hydrogens is 194 g/mol. The Balaban J connectivity index is 2.48. The lowest BCUT2D eigenvalue weighted by Gasteiger charge is -1.92. The summed E-state index contributed by atoms with van der Waals surface area (Å²) in [5, 5.41) is 12.7. The van der Waals surface area contributed by atoms with E-state index in [-0.39, 0.29) is 0 Å². The van der Waals surface area contributed by atoms with E-state index < -0.39 is 6.09 Å². The highest BCUT2D eigenvalue weighted by Crippen LogP contribution is 2.14. The van der Waals surface area contributed by atoms with Crippen molar-refractivity contribution in [3.05, 3.63) is 36.2 Å². The van der Waals surface area contributed by atoms with E-state index in [2.05, 4.69) is 10.1 Å². The first-order valence-electron chi connectivity index (χ1n) is 4.41. The van der Waals surface area contributed by atoms with E-state index in [1.54, 1.807) is 6.92 Å². The van der Waals surface area contributed by atoms with Gasteiger partial charge in [-0.1, -0.05) is 30.3 Å². The summed E-state index contributed by atoms with van der Waals surface area (Å²) in [7, 11) is 0. The van der Waals surface area contributed by atoms with E-state index in [9.17, 15) is 4.79 Å². The Bertz CT molecular complexity index is 491. The molecule has 2 aromatic rings. The highest BCUT2D eigenvalue weighted by Gasteiger charge is 2.11. The molecule has 1 N–H and O–H groups in total. The third kappa shape index (κ3) is 1.71. The minimum Gasteiger partial charge on any atom is -0.463 e. The highest BCUT2D eigenvalue weighted by molar-refractivity contribution is 5.68. The number of hydrogen-bond donors (Lipinski definition) is 1. The summed E-state index contributed by atoms with van der Waals surface area (Å²) >= 11 is 0. The Kier molecular flexibility index (Phi) is 2.21. The van der Waals surface area contributed by atoms with E-state index in [1.807, 2.05) is 30.3 Å². The van der Waals surface area contributed by atoms with Gasteiger partial charge in [0.1, 0.15) is 5.82 Å². The molecule has 0 atom stereocenters.